The number of aliphatic hydroxyl groups is 1. The van der Waals surface area contributed by atoms with Crippen molar-refractivity contribution in [2.75, 3.05) is 0 Å². The van der Waals surface area contributed by atoms with Crippen LogP contribution in [0.1, 0.15) is 30.6 Å². The summed E-state index contributed by atoms with van der Waals surface area (Å²) in [5.74, 6) is 0.330. The van der Waals surface area contributed by atoms with Crippen LogP contribution in [0.25, 0.3) is 11.4 Å². The first-order chi connectivity index (χ1) is 9.91. The molecule has 0 radical (unpaired) electrons. The van der Waals surface area contributed by atoms with E-state index >= 15 is 0 Å². The summed E-state index contributed by atoms with van der Waals surface area (Å²) in [6.07, 6.45) is -3.26. The van der Waals surface area contributed by atoms with E-state index in [2.05, 4.69) is 16.9 Å². The van der Waals surface area contributed by atoms with Gasteiger partial charge < -0.3 is 5.11 Å². The lowest BCUT2D eigenvalue weighted by Crippen LogP contribution is -2.20. The Kier molecular flexibility index (Phi) is 4.57. The standard InChI is InChI=1S/C15H15F3N2O/c1-2-3-10-4-6-11(7-5-10)14-19-8-12(9-20-14)13(21)15(16,17)18/h4-9,13,21H,2-3H2,1H3. The zero-order chi connectivity index (χ0) is 15.5. The van der Waals surface area contributed by atoms with E-state index in [-0.39, 0.29) is 5.56 Å². The van der Waals surface area contributed by atoms with Crippen LogP contribution < -0.4 is 0 Å². The molecule has 0 bridgehead atoms. The molecule has 1 atom stereocenters. The minimum absolute atomic E-state index is 0.330. The molecule has 0 spiro atoms. The van der Waals surface area contributed by atoms with Crippen molar-refractivity contribution in [1.82, 2.24) is 9.97 Å². The van der Waals surface area contributed by atoms with E-state index in [0.717, 1.165) is 30.8 Å². The molecule has 1 heterocycles. The fraction of sp³-hybridized carbons (Fsp3) is 0.333. The van der Waals surface area contributed by atoms with Gasteiger partial charge in [-0.25, -0.2) is 9.97 Å². The molecule has 2 rings (SSSR count). The Morgan fingerprint density at radius 3 is 2.14 bits per heavy atom. The monoisotopic (exact) mass is 296 g/mol. The third-order valence-corrected chi connectivity index (χ3v) is 3.05. The quantitative estimate of drug-likeness (QED) is 0.936. The van der Waals surface area contributed by atoms with Crippen LogP contribution in [0.15, 0.2) is 36.7 Å². The molecule has 0 aliphatic rings. The third kappa shape index (κ3) is 3.78. The Morgan fingerprint density at radius 2 is 1.67 bits per heavy atom. The average Bonchev–Trinajstić information content (AvgIpc) is 2.47. The number of aryl methyl sites for hydroxylation is 1. The van der Waals surface area contributed by atoms with Gasteiger partial charge in [0, 0.05) is 23.5 Å². The minimum Gasteiger partial charge on any atom is -0.379 e. The van der Waals surface area contributed by atoms with Crippen LogP contribution in [-0.4, -0.2) is 21.3 Å². The van der Waals surface area contributed by atoms with Crippen molar-refractivity contribution in [3.63, 3.8) is 0 Å². The fourth-order valence-corrected chi connectivity index (χ4v) is 1.93. The highest BCUT2D eigenvalue weighted by Gasteiger charge is 2.39. The minimum atomic E-state index is -4.72. The van der Waals surface area contributed by atoms with Gasteiger partial charge in [-0.2, -0.15) is 13.2 Å². The summed E-state index contributed by atoms with van der Waals surface area (Å²) in [5.41, 5.74) is 1.54. The van der Waals surface area contributed by atoms with E-state index in [4.69, 9.17) is 5.11 Å². The highest BCUT2D eigenvalue weighted by atomic mass is 19.4. The Hall–Kier alpha value is -1.95. The fourth-order valence-electron chi connectivity index (χ4n) is 1.93. The first-order valence-corrected chi connectivity index (χ1v) is 6.58. The van der Waals surface area contributed by atoms with Gasteiger partial charge in [0.15, 0.2) is 11.9 Å². The van der Waals surface area contributed by atoms with E-state index in [0.29, 0.717) is 5.82 Å². The Morgan fingerprint density at radius 1 is 1.10 bits per heavy atom. The Bertz CT molecular complexity index is 579. The molecule has 2 aromatic rings. The number of aliphatic hydroxyl groups excluding tert-OH is 1. The molecular formula is C15H15F3N2O. The van der Waals surface area contributed by atoms with Crippen LogP contribution in [0.2, 0.25) is 0 Å². The van der Waals surface area contributed by atoms with Crippen molar-refractivity contribution in [1.29, 1.82) is 0 Å². The maximum atomic E-state index is 12.4. The van der Waals surface area contributed by atoms with E-state index in [1.165, 1.54) is 5.56 Å². The van der Waals surface area contributed by atoms with Crippen LogP contribution in [0, 0.1) is 0 Å². The van der Waals surface area contributed by atoms with Crippen LogP contribution >= 0.6 is 0 Å². The molecule has 0 amide bonds. The zero-order valence-electron chi connectivity index (χ0n) is 11.4. The molecule has 0 saturated carbocycles. The maximum Gasteiger partial charge on any atom is 0.418 e. The van der Waals surface area contributed by atoms with Gasteiger partial charge in [0.05, 0.1) is 0 Å². The molecule has 6 heteroatoms. The predicted molar refractivity (Wildman–Crippen MR) is 72.5 cm³/mol. The molecule has 1 N–H and O–H groups in total. The summed E-state index contributed by atoms with van der Waals surface area (Å²) in [5, 5.41) is 9.11. The normalized spacial score (nSPS) is 13.2. The van der Waals surface area contributed by atoms with Crippen molar-refractivity contribution in [2.24, 2.45) is 0 Å². The van der Waals surface area contributed by atoms with Gasteiger partial charge in [-0.1, -0.05) is 37.6 Å². The highest BCUT2D eigenvalue weighted by molar-refractivity contribution is 5.55. The number of benzene rings is 1. The molecule has 0 aliphatic carbocycles. The molecule has 1 aromatic heterocycles. The van der Waals surface area contributed by atoms with Crippen molar-refractivity contribution < 1.29 is 18.3 Å². The van der Waals surface area contributed by atoms with Gasteiger partial charge in [-0.3, -0.25) is 0 Å². The van der Waals surface area contributed by atoms with Crippen LogP contribution in [0.4, 0.5) is 13.2 Å². The molecule has 0 aliphatic heterocycles. The lowest BCUT2D eigenvalue weighted by atomic mass is 10.1. The summed E-state index contributed by atoms with van der Waals surface area (Å²) in [7, 11) is 0. The van der Waals surface area contributed by atoms with E-state index in [9.17, 15) is 13.2 Å². The third-order valence-electron chi connectivity index (χ3n) is 3.05. The molecule has 1 unspecified atom stereocenters. The van der Waals surface area contributed by atoms with Crippen molar-refractivity contribution in [2.45, 2.75) is 32.0 Å². The second-order valence-corrected chi connectivity index (χ2v) is 4.73. The number of hydrogen-bond acceptors (Lipinski definition) is 3. The number of rotatable bonds is 4. The second-order valence-electron chi connectivity index (χ2n) is 4.73. The van der Waals surface area contributed by atoms with Crippen molar-refractivity contribution >= 4 is 0 Å². The summed E-state index contributed by atoms with van der Waals surface area (Å²) in [4.78, 5) is 7.78. The Labute approximate surface area is 120 Å². The predicted octanol–water partition coefficient (Wildman–Crippen LogP) is 3.69. The summed E-state index contributed by atoms with van der Waals surface area (Å²) in [6.45, 7) is 2.09. The highest BCUT2D eigenvalue weighted by Crippen LogP contribution is 2.32. The number of aromatic nitrogens is 2. The van der Waals surface area contributed by atoms with E-state index in [1.807, 2.05) is 24.3 Å². The van der Waals surface area contributed by atoms with Crippen LogP contribution in [0.3, 0.4) is 0 Å². The molecule has 1 aromatic carbocycles. The van der Waals surface area contributed by atoms with Gasteiger partial charge in [0.25, 0.3) is 0 Å². The number of hydrogen-bond donors (Lipinski definition) is 1. The van der Waals surface area contributed by atoms with Gasteiger partial charge in [0.1, 0.15) is 0 Å². The molecule has 0 fully saturated rings. The van der Waals surface area contributed by atoms with Gasteiger partial charge in [-0.15, -0.1) is 0 Å². The smallest absolute Gasteiger partial charge is 0.379 e. The zero-order valence-corrected chi connectivity index (χ0v) is 11.4. The van der Waals surface area contributed by atoms with Gasteiger partial charge in [0.2, 0.25) is 0 Å². The van der Waals surface area contributed by atoms with Gasteiger partial charge >= 0.3 is 6.18 Å². The van der Waals surface area contributed by atoms with Crippen LogP contribution in [-0.2, 0) is 6.42 Å². The van der Waals surface area contributed by atoms with Crippen LogP contribution in [0.5, 0.6) is 0 Å². The Balaban J connectivity index is 2.19. The first-order valence-electron chi connectivity index (χ1n) is 6.58. The average molecular weight is 296 g/mol. The van der Waals surface area contributed by atoms with E-state index in [1.54, 1.807) is 0 Å². The molecule has 112 valence electrons. The summed E-state index contributed by atoms with van der Waals surface area (Å²) in [6, 6.07) is 7.56. The second kappa shape index (κ2) is 6.22. The topological polar surface area (TPSA) is 46.0 Å². The first kappa shape index (κ1) is 15.4. The maximum absolute atomic E-state index is 12.4. The van der Waals surface area contributed by atoms with Crippen molar-refractivity contribution in [3.05, 3.63) is 47.8 Å². The lowest BCUT2D eigenvalue weighted by Gasteiger charge is -2.14. The number of nitrogens with zero attached hydrogens (tertiary/aromatic N) is 2. The van der Waals surface area contributed by atoms with Gasteiger partial charge in [-0.05, 0) is 12.0 Å². The molecular weight excluding hydrogens is 281 g/mol. The van der Waals surface area contributed by atoms with Crippen molar-refractivity contribution in [3.8, 4) is 11.4 Å². The number of alkyl halides is 3. The summed E-state index contributed by atoms with van der Waals surface area (Å²) < 4.78 is 37.1. The molecule has 21 heavy (non-hydrogen) atoms. The lowest BCUT2D eigenvalue weighted by molar-refractivity contribution is -0.206. The number of halogens is 3. The molecule has 0 saturated heterocycles. The molecule has 3 nitrogen and oxygen atoms in total. The van der Waals surface area contributed by atoms with E-state index < -0.39 is 12.3 Å². The summed E-state index contributed by atoms with van der Waals surface area (Å²) >= 11 is 0. The SMILES string of the molecule is CCCc1ccc(-c2ncc(C(O)C(F)(F)F)cn2)cc1. The largest absolute Gasteiger partial charge is 0.418 e.